The van der Waals surface area contributed by atoms with Crippen LogP contribution in [0.4, 0.5) is 0 Å². The number of rotatable bonds is 3. The fraction of sp³-hybridized carbons (Fsp3) is 0.588. The highest BCUT2D eigenvalue weighted by molar-refractivity contribution is 6.16. The summed E-state index contributed by atoms with van der Waals surface area (Å²) in [6.07, 6.45) is 6.50. The fourth-order valence-corrected chi connectivity index (χ4v) is 3.77. The molecule has 1 aliphatic carbocycles. The summed E-state index contributed by atoms with van der Waals surface area (Å²) >= 11 is 6.17. The average molecular weight is 307 g/mol. The second kappa shape index (κ2) is 6.27. The maximum absolute atomic E-state index is 6.17. The number of imidazole rings is 1. The largest absolute Gasteiger partial charge is 0.497 e. The minimum absolute atomic E-state index is 0.459. The molecule has 1 aliphatic rings. The number of aromatic nitrogens is 2. The maximum Gasteiger partial charge on any atom is 0.125 e. The summed E-state index contributed by atoms with van der Waals surface area (Å²) in [5, 5.41) is 0. The number of ether oxygens (including phenoxy) is 1. The summed E-state index contributed by atoms with van der Waals surface area (Å²) in [5.74, 6) is 2.97. The molecule has 0 N–H and O–H groups in total. The van der Waals surface area contributed by atoms with Gasteiger partial charge in [0, 0.05) is 12.1 Å². The van der Waals surface area contributed by atoms with Crippen LogP contribution >= 0.6 is 11.6 Å². The van der Waals surface area contributed by atoms with Crippen LogP contribution in [-0.2, 0) is 5.88 Å². The van der Waals surface area contributed by atoms with E-state index in [2.05, 4.69) is 17.6 Å². The zero-order chi connectivity index (χ0) is 14.8. The Kier molecular flexibility index (Phi) is 4.39. The Hall–Kier alpha value is -1.22. The number of methoxy groups -OCH3 is 1. The number of hydrogen-bond donors (Lipinski definition) is 0. The highest BCUT2D eigenvalue weighted by Gasteiger charge is 2.25. The molecule has 21 heavy (non-hydrogen) atoms. The van der Waals surface area contributed by atoms with Crippen LogP contribution in [-0.4, -0.2) is 16.7 Å². The highest BCUT2D eigenvalue weighted by Crippen LogP contribution is 2.36. The van der Waals surface area contributed by atoms with Crippen molar-refractivity contribution in [1.29, 1.82) is 0 Å². The molecule has 3 nitrogen and oxygen atoms in total. The van der Waals surface area contributed by atoms with E-state index in [4.69, 9.17) is 21.3 Å². The quantitative estimate of drug-likeness (QED) is 0.594. The molecule has 114 valence electrons. The van der Waals surface area contributed by atoms with Crippen molar-refractivity contribution in [2.45, 2.75) is 50.9 Å². The third-order valence-corrected chi connectivity index (χ3v) is 4.98. The molecular weight excluding hydrogens is 284 g/mol. The van der Waals surface area contributed by atoms with Gasteiger partial charge in [-0.05, 0) is 30.9 Å². The molecular formula is C17H23ClN2O. The molecule has 0 saturated heterocycles. The second-order valence-corrected chi connectivity index (χ2v) is 6.34. The van der Waals surface area contributed by atoms with Gasteiger partial charge in [-0.25, -0.2) is 4.98 Å². The summed E-state index contributed by atoms with van der Waals surface area (Å²) in [5.41, 5.74) is 2.17. The first-order chi connectivity index (χ1) is 10.2. The van der Waals surface area contributed by atoms with Crippen molar-refractivity contribution in [3.8, 4) is 5.75 Å². The third kappa shape index (κ3) is 2.76. The smallest absolute Gasteiger partial charge is 0.125 e. The van der Waals surface area contributed by atoms with Crippen LogP contribution in [0.15, 0.2) is 18.2 Å². The number of hydrogen-bond acceptors (Lipinski definition) is 2. The van der Waals surface area contributed by atoms with E-state index < -0.39 is 0 Å². The number of halogens is 1. The van der Waals surface area contributed by atoms with E-state index in [0.717, 1.165) is 17.1 Å². The molecule has 3 rings (SSSR count). The van der Waals surface area contributed by atoms with Crippen molar-refractivity contribution in [2.24, 2.45) is 5.92 Å². The van der Waals surface area contributed by atoms with Crippen LogP contribution in [0.5, 0.6) is 5.75 Å². The summed E-state index contributed by atoms with van der Waals surface area (Å²) in [4.78, 5) is 4.73. The van der Waals surface area contributed by atoms with Crippen LogP contribution in [0.3, 0.4) is 0 Å². The highest BCUT2D eigenvalue weighted by atomic mass is 35.5. The van der Waals surface area contributed by atoms with E-state index in [1.807, 2.05) is 12.1 Å². The first-order valence-corrected chi connectivity index (χ1v) is 8.39. The Labute approximate surface area is 131 Å². The van der Waals surface area contributed by atoms with Gasteiger partial charge in [0.2, 0.25) is 0 Å². The Morgan fingerprint density at radius 3 is 2.86 bits per heavy atom. The molecule has 0 amide bonds. The number of alkyl halides is 1. The molecule has 0 aliphatic heterocycles. The van der Waals surface area contributed by atoms with Crippen molar-refractivity contribution in [3.05, 3.63) is 24.0 Å². The lowest BCUT2D eigenvalue weighted by atomic mass is 9.96. The number of nitrogens with zero attached hydrogens (tertiary/aromatic N) is 2. The summed E-state index contributed by atoms with van der Waals surface area (Å²) in [6, 6.07) is 6.65. The number of fused-ring (bicyclic) bond motifs is 1. The monoisotopic (exact) mass is 306 g/mol. The van der Waals surface area contributed by atoms with Gasteiger partial charge in [0.25, 0.3) is 0 Å². The SMILES string of the molecule is COc1ccc2c(c1)nc(CCl)n2C1CCCCCC1C. The molecule has 2 aromatic rings. The Bertz CT molecular complexity index is 623. The van der Waals surface area contributed by atoms with Gasteiger partial charge in [-0.1, -0.05) is 26.2 Å². The molecule has 4 heteroatoms. The minimum atomic E-state index is 0.459. The molecule has 1 fully saturated rings. The second-order valence-electron chi connectivity index (χ2n) is 6.07. The van der Waals surface area contributed by atoms with Crippen molar-refractivity contribution in [3.63, 3.8) is 0 Å². The Morgan fingerprint density at radius 2 is 2.10 bits per heavy atom. The number of benzene rings is 1. The normalized spacial score (nSPS) is 23.2. The minimum Gasteiger partial charge on any atom is -0.497 e. The van der Waals surface area contributed by atoms with Gasteiger partial charge in [-0.2, -0.15) is 0 Å². The van der Waals surface area contributed by atoms with E-state index in [9.17, 15) is 0 Å². The fourth-order valence-electron chi connectivity index (χ4n) is 3.58. The van der Waals surface area contributed by atoms with Crippen molar-refractivity contribution < 1.29 is 4.74 Å². The first-order valence-electron chi connectivity index (χ1n) is 7.85. The van der Waals surface area contributed by atoms with E-state index in [0.29, 0.717) is 17.8 Å². The van der Waals surface area contributed by atoms with Crippen LogP contribution in [0, 0.1) is 5.92 Å². The molecule has 1 aromatic heterocycles. The molecule has 0 radical (unpaired) electrons. The lowest BCUT2D eigenvalue weighted by molar-refractivity contribution is 0.335. The van der Waals surface area contributed by atoms with Crippen molar-refractivity contribution in [1.82, 2.24) is 9.55 Å². The van der Waals surface area contributed by atoms with E-state index in [1.54, 1.807) is 7.11 Å². The van der Waals surface area contributed by atoms with E-state index in [1.165, 1.54) is 37.6 Å². The van der Waals surface area contributed by atoms with Gasteiger partial charge in [-0.3, -0.25) is 0 Å². The van der Waals surface area contributed by atoms with Crippen LogP contribution < -0.4 is 4.74 Å². The maximum atomic E-state index is 6.17. The van der Waals surface area contributed by atoms with Crippen LogP contribution in [0.2, 0.25) is 0 Å². The van der Waals surface area contributed by atoms with E-state index >= 15 is 0 Å². The first kappa shape index (κ1) is 14.7. The zero-order valence-electron chi connectivity index (χ0n) is 12.8. The third-order valence-electron chi connectivity index (χ3n) is 4.74. The van der Waals surface area contributed by atoms with Gasteiger partial charge in [0.05, 0.1) is 24.0 Å². The van der Waals surface area contributed by atoms with Gasteiger partial charge < -0.3 is 9.30 Å². The molecule has 2 atom stereocenters. The topological polar surface area (TPSA) is 27.1 Å². The zero-order valence-corrected chi connectivity index (χ0v) is 13.6. The molecule has 0 bridgehead atoms. The van der Waals surface area contributed by atoms with Crippen molar-refractivity contribution in [2.75, 3.05) is 7.11 Å². The van der Waals surface area contributed by atoms with Gasteiger partial charge >= 0.3 is 0 Å². The van der Waals surface area contributed by atoms with Crippen molar-refractivity contribution >= 4 is 22.6 Å². The average Bonchev–Trinajstić information content (AvgIpc) is 2.74. The van der Waals surface area contributed by atoms with E-state index in [-0.39, 0.29) is 0 Å². The predicted molar refractivity (Wildman–Crippen MR) is 87.1 cm³/mol. The summed E-state index contributed by atoms with van der Waals surface area (Å²) in [7, 11) is 1.69. The molecule has 2 unspecified atom stereocenters. The predicted octanol–water partition coefficient (Wildman–Crippen LogP) is 4.93. The molecule has 1 aromatic carbocycles. The Balaban J connectivity index is 2.10. The lowest BCUT2D eigenvalue weighted by Crippen LogP contribution is -2.18. The van der Waals surface area contributed by atoms with Gasteiger partial charge in [-0.15, -0.1) is 11.6 Å². The van der Waals surface area contributed by atoms with Crippen LogP contribution in [0.1, 0.15) is 50.9 Å². The standard InChI is InChI=1S/C17H23ClN2O/c1-12-6-4-3-5-7-15(12)20-16-9-8-13(21-2)10-14(16)19-17(20)11-18/h8-10,12,15H,3-7,11H2,1-2H3. The van der Waals surface area contributed by atoms with Gasteiger partial charge in [0.15, 0.2) is 0 Å². The van der Waals surface area contributed by atoms with Gasteiger partial charge in [0.1, 0.15) is 11.6 Å². The Morgan fingerprint density at radius 1 is 1.29 bits per heavy atom. The van der Waals surface area contributed by atoms with Crippen LogP contribution in [0.25, 0.3) is 11.0 Å². The lowest BCUT2D eigenvalue weighted by Gasteiger charge is -2.25. The molecule has 1 saturated carbocycles. The summed E-state index contributed by atoms with van der Waals surface area (Å²) < 4.78 is 7.70. The molecule has 0 spiro atoms. The summed E-state index contributed by atoms with van der Waals surface area (Å²) in [6.45, 7) is 2.36. The molecule has 1 heterocycles.